The van der Waals surface area contributed by atoms with Crippen molar-refractivity contribution in [2.24, 2.45) is 0 Å². The highest BCUT2D eigenvalue weighted by Gasteiger charge is 2.08. The standard InChI is InChI=1S/C18H14BrClN2O2S/c19-13-4-6-15(7-5-13)24-11-17(23)22-18-21-10-16(25-18)9-12-2-1-3-14(20)8-12/h1-8,10H,9,11H2,(H,21,22,23). The second-order valence-electron chi connectivity index (χ2n) is 5.23. The molecular weight excluding hydrogens is 424 g/mol. The maximum absolute atomic E-state index is 12.0. The number of amides is 1. The number of anilines is 1. The Morgan fingerprint density at radius 1 is 1.24 bits per heavy atom. The molecule has 0 aliphatic carbocycles. The van der Waals surface area contributed by atoms with Crippen molar-refractivity contribution < 1.29 is 9.53 Å². The van der Waals surface area contributed by atoms with Crippen LogP contribution in [0.1, 0.15) is 10.4 Å². The molecule has 0 unspecified atom stereocenters. The number of carbonyl (C=O) groups is 1. The van der Waals surface area contributed by atoms with Crippen molar-refractivity contribution >= 4 is 49.9 Å². The van der Waals surface area contributed by atoms with Gasteiger partial charge in [-0.25, -0.2) is 4.98 Å². The van der Waals surface area contributed by atoms with Gasteiger partial charge in [0.05, 0.1) is 0 Å². The first-order valence-corrected chi connectivity index (χ1v) is 9.44. The number of thiazole rings is 1. The summed E-state index contributed by atoms with van der Waals surface area (Å²) in [7, 11) is 0. The molecule has 1 N–H and O–H groups in total. The van der Waals surface area contributed by atoms with E-state index in [0.717, 1.165) is 21.3 Å². The number of carbonyl (C=O) groups excluding carboxylic acids is 1. The van der Waals surface area contributed by atoms with Crippen molar-refractivity contribution in [2.45, 2.75) is 6.42 Å². The Morgan fingerprint density at radius 3 is 2.80 bits per heavy atom. The van der Waals surface area contributed by atoms with E-state index < -0.39 is 0 Å². The fraction of sp³-hybridized carbons (Fsp3) is 0.111. The van der Waals surface area contributed by atoms with Crippen molar-refractivity contribution in [3.05, 3.63) is 74.7 Å². The van der Waals surface area contributed by atoms with Crippen LogP contribution in [0.3, 0.4) is 0 Å². The van der Waals surface area contributed by atoms with Crippen molar-refractivity contribution in [3.63, 3.8) is 0 Å². The lowest BCUT2D eigenvalue weighted by Crippen LogP contribution is -2.19. The van der Waals surface area contributed by atoms with Crippen LogP contribution in [0.5, 0.6) is 5.75 Å². The first-order chi connectivity index (χ1) is 12.1. The predicted octanol–water partition coefficient (Wildman–Crippen LogP) is 5.17. The van der Waals surface area contributed by atoms with Crippen LogP contribution in [0.2, 0.25) is 5.02 Å². The minimum Gasteiger partial charge on any atom is -0.484 e. The first kappa shape index (κ1) is 17.9. The van der Waals surface area contributed by atoms with Crippen molar-refractivity contribution in [1.82, 2.24) is 4.98 Å². The third-order valence-electron chi connectivity index (χ3n) is 3.25. The third-order valence-corrected chi connectivity index (χ3v) is 4.93. The topological polar surface area (TPSA) is 51.2 Å². The molecule has 2 aromatic carbocycles. The molecule has 3 rings (SSSR count). The van der Waals surface area contributed by atoms with Crippen LogP contribution >= 0.6 is 38.9 Å². The van der Waals surface area contributed by atoms with Gasteiger partial charge in [-0.15, -0.1) is 11.3 Å². The third kappa shape index (κ3) is 5.56. The Balaban J connectivity index is 1.52. The van der Waals surface area contributed by atoms with E-state index in [9.17, 15) is 4.79 Å². The van der Waals surface area contributed by atoms with Crippen molar-refractivity contribution in [1.29, 1.82) is 0 Å². The van der Waals surface area contributed by atoms with E-state index in [4.69, 9.17) is 16.3 Å². The van der Waals surface area contributed by atoms with Crippen LogP contribution in [0.15, 0.2) is 59.2 Å². The number of hydrogen-bond acceptors (Lipinski definition) is 4. The lowest BCUT2D eigenvalue weighted by atomic mass is 10.1. The maximum Gasteiger partial charge on any atom is 0.264 e. The molecule has 1 heterocycles. The number of halogens is 2. The van der Waals surface area contributed by atoms with Crippen molar-refractivity contribution in [2.75, 3.05) is 11.9 Å². The smallest absolute Gasteiger partial charge is 0.264 e. The van der Waals surface area contributed by atoms with Crippen LogP contribution in [0.4, 0.5) is 5.13 Å². The average Bonchev–Trinajstić information content (AvgIpc) is 3.01. The number of benzene rings is 2. The molecule has 0 saturated heterocycles. The molecule has 3 aromatic rings. The minimum absolute atomic E-state index is 0.0646. The van der Waals surface area contributed by atoms with Gasteiger partial charge in [0.15, 0.2) is 11.7 Å². The summed E-state index contributed by atoms with van der Waals surface area (Å²) in [5.41, 5.74) is 1.10. The molecule has 128 valence electrons. The molecule has 1 amide bonds. The SMILES string of the molecule is O=C(COc1ccc(Br)cc1)Nc1ncc(Cc2cccc(Cl)c2)s1. The fourth-order valence-electron chi connectivity index (χ4n) is 2.13. The Kier molecular flexibility index (Phi) is 6.07. The van der Waals surface area contributed by atoms with Crippen LogP contribution in [0, 0.1) is 0 Å². The largest absolute Gasteiger partial charge is 0.484 e. The van der Waals surface area contributed by atoms with Crippen LogP contribution < -0.4 is 10.1 Å². The van der Waals surface area contributed by atoms with Crippen molar-refractivity contribution in [3.8, 4) is 5.75 Å². The molecule has 0 aliphatic heterocycles. The van der Waals surface area contributed by atoms with Gasteiger partial charge in [-0.1, -0.05) is 39.7 Å². The normalized spacial score (nSPS) is 10.5. The highest BCUT2D eigenvalue weighted by Crippen LogP contribution is 2.22. The lowest BCUT2D eigenvalue weighted by molar-refractivity contribution is -0.118. The molecular formula is C18H14BrClN2O2S. The second kappa shape index (κ2) is 8.47. The highest BCUT2D eigenvalue weighted by atomic mass is 79.9. The molecule has 0 radical (unpaired) electrons. The van der Waals surface area contributed by atoms with E-state index in [1.165, 1.54) is 11.3 Å². The Bertz CT molecular complexity index is 868. The maximum atomic E-state index is 12.0. The molecule has 0 saturated carbocycles. The quantitative estimate of drug-likeness (QED) is 0.579. The summed E-state index contributed by atoms with van der Waals surface area (Å²) >= 11 is 10.8. The van der Waals surface area contributed by atoms with Crippen LogP contribution in [-0.2, 0) is 11.2 Å². The minimum atomic E-state index is -0.244. The fourth-order valence-corrected chi connectivity index (χ4v) is 3.47. The molecule has 0 spiro atoms. The number of nitrogens with zero attached hydrogens (tertiary/aromatic N) is 1. The highest BCUT2D eigenvalue weighted by molar-refractivity contribution is 9.10. The predicted molar refractivity (Wildman–Crippen MR) is 105 cm³/mol. The molecule has 25 heavy (non-hydrogen) atoms. The van der Waals surface area contributed by atoms with E-state index in [0.29, 0.717) is 15.9 Å². The molecule has 7 heteroatoms. The Labute approximate surface area is 162 Å². The summed E-state index contributed by atoms with van der Waals surface area (Å²) in [5, 5.41) is 4.02. The van der Waals surface area contributed by atoms with E-state index in [1.807, 2.05) is 36.4 Å². The zero-order chi connectivity index (χ0) is 17.6. The van der Waals surface area contributed by atoms with Gasteiger partial charge in [0, 0.05) is 27.0 Å². The van der Waals surface area contributed by atoms with E-state index >= 15 is 0 Å². The number of aromatic nitrogens is 1. The van der Waals surface area contributed by atoms with Gasteiger partial charge < -0.3 is 4.74 Å². The summed E-state index contributed by atoms with van der Waals surface area (Å²) in [5.74, 6) is 0.394. The first-order valence-electron chi connectivity index (χ1n) is 7.46. The van der Waals surface area contributed by atoms with Crippen LogP contribution in [0.25, 0.3) is 0 Å². The van der Waals surface area contributed by atoms with Gasteiger partial charge >= 0.3 is 0 Å². The summed E-state index contributed by atoms with van der Waals surface area (Å²) in [6, 6.07) is 15.0. The van der Waals surface area contributed by atoms with Gasteiger partial charge in [-0.3, -0.25) is 10.1 Å². The number of rotatable bonds is 6. The molecule has 0 aliphatic rings. The zero-order valence-electron chi connectivity index (χ0n) is 13.0. The van der Waals surface area contributed by atoms with E-state index in [-0.39, 0.29) is 12.5 Å². The van der Waals surface area contributed by atoms with E-state index in [2.05, 4.69) is 26.2 Å². The van der Waals surface area contributed by atoms with Gasteiger partial charge in [0.2, 0.25) is 0 Å². The molecule has 1 aromatic heterocycles. The number of nitrogens with one attached hydrogen (secondary N) is 1. The second-order valence-corrected chi connectivity index (χ2v) is 7.70. The molecule has 0 atom stereocenters. The number of ether oxygens (including phenoxy) is 1. The summed E-state index contributed by atoms with van der Waals surface area (Å²) in [6.07, 6.45) is 2.49. The lowest BCUT2D eigenvalue weighted by Gasteiger charge is -2.05. The zero-order valence-corrected chi connectivity index (χ0v) is 16.2. The number of hydrogen-bond donors (Lipinski definition) is 1. The molecule has 0 fully saturated rings. The Morgan fingerprint density at radius 2 is 2.04 bits per heavy atom. The Hall–Kier alpha value is -1.89. The summed E-state index contributed by atoms with van der Waals surface area (Å²) in [4.78, 5) is 17.2. The van der Waals surface area contributed by atoms with Crippen LogP contribution in [-0.4, -0.2) is 17.5 Å². The van der Waals surface area contributed by atoms with Gasteiger partial charge in [0.1, 0.15) is 5.75 Å². The monoisotopic (exact) mass is 436 g/mol. The summed E-state index contributed by atoms with van der Waals surface area (Å²) < 4.78 is 6.40. The van der Waals surface area contributed by atoms with Gasteiger partial charge in [0.25, 0.3) is 5.91 Å². The average molecular weight is 438 g/mol. The summed E-state index contributed by atoms with van der Waals surface area (Å²) in [6.45, 7) is -0.0646. The molecule has 4 nitrogen and oxygen atoms in total. The van der Waals surface area contributed by atoms with E-state index in [1.54, 1.807) is 18.3 Å². The van der Waals surface area contributed by atoms with Gasteiger partial charge in [-0.2, -0.15) is 0 Å². The molecule has 0 bridgehead atoms. The van der Waals surface area contributed by atoms with Gasteiger partial charge in [-0.05, 0) is 42.0 Å².